The molecular formula is C58H66F3N11O5. The van der Waals surface area contributed by atoms with E-state index in [2.05, 4.69) is 64.9 Å². The molecule has 2 aromatic heterocycles. The summed E-state index contributed by atoms with van der Waals surface area (Å²) in [6, 6.07) is 8.80. The second kappa shape index (κ2) is 20.7. The molecule has 6 saturated heterocycles. The lowest BCUT2D eigenvalue weighted by Crippen LogP contribution is -2.54. The van der Waals surface area contributed by atoms with E-state index in [0.29, 0.717) is 71.5 Å². The molecule has 3 N–H and O–H groups in total. The van der Waals surface area contributed by atoms with Gasteiger partial charge in [-0.15, -0.1) is 6.42 Å². The number of likely N-dealkylation sites (tertiary alicyclic amines) is 1. The van der Waals surface area contributed by atoms with Crippen LogP contribution in [0, 0.1) is 41.6 Å². The minimum atomic E-state index is -0.777. The number of nitrogens with one attached hydrogen (secondary N) is 2. The lowest BCUT2D eigenvalue weighted by Gasteiger charge is -2.47. The van der Waals surface area contributed by atoms with Crippen molar-refractivity contribution in [3.8, 4) is 35.4 Å². The zero-order valence-electron chi connectivity index (χ0n) is 43.8. The molecule has 404 valence electrons. The van der Waals surface area contributed by atoms with Gasteiger partial charge in [-0.25, -0.2) is 13.2 Å². The van der Waals surface area contributed by atoms with E-state index >= 15 is 13.2 Å². The molecule has 2 bridgehead atoms. The highest BCUT2D eigenvalue weighted by Gasteiger charge is 2.42. The second-order valence-corrected chi connectivity index (χ2v) is 23.1. The number of phenolic OH excluding ortho intramolecular Hbond substituents is 1. The Morgan fingerprint density at radius 3 is 2.27 bits per heavy atom. The van der Waals surface area contributed by atoms with Crippen molar-refractivity contribution in [3.63, 3.8) is 0 Å². The maximum absolute atomic E-state index is 17.1. The van der Waals surface area contributed by atoms with Crippen LogP contribution in [0.5, 0.6) is 11.8 Å². The number of imide groups is 1. The van der Waals surface area contributed by atoms with Crippen LogP contribution in [0.25, 0.3) is 32.9 Å². The van der Waals surface area contributed by atoms with Crippen LogP contribution in [-0.4, -0.2) is 166 Å². The predicted molar refractivity (Wildman–Crippen MR) is 286 cm³/mol. The number of terminal acetylenes is 1. The van der Waals surface area contributed by atoms with Gasteiger partial charge in [0.15, 0.2) is 11.6 Å². The van der Waals surface area contributed by atoms with Crippen molar-refractivity contribution in [2.24, 2.45) is 11.8 Å². The first-order chi connectivity index (χ1) is 37.2. The Labute approximate surface area is 446 Å². The summed E-state index contributed by atoms with van der Waals surface area (Å²) in [7, 11) is 0. The molecular weight excluding hydrogens is 988 g/mol. The Bertz CT molecular complexity index is 3200. The van der Waals surface area contributed by atoms with Gasteiger partial charge < -0.3 is 39.7 Å². The third-order valence-corrected chi connectivity index (χ3v) is 17.7. The van der Waals surface area contributed by atoms with Crippen molar-refractivity contribution in [3.05, 3.63) is 76.7 Å². The van der Waals surface area contributed by atoms with Crippen molar-refractivity contribution in [2.75, 3.05) is 94.9 Å². The number of hydrogen-bond acceptors (Lipinski definition) is 14. The monoisotopic (exact) mass is 1050 g/mol. The molecule has 7 aliphatic heterocycles. The number of halogens is 3. The molecule has 12 rings (SSSR count). The van der Waals surface area contributed by atoms with Gasteiger partial charge in [-0.2, -0.15) is 9.97 Å². The Hall–Kier alpha value is -6.59. The summed E-state index contributed by atoms with van der Waals surface area (Å²) in [5.41, 5.74) is 1.07. The number of fused-ring (bicyclic) bond motifs is 5. The smallest absolute Gasteiger partial charge is 0.319 e. The van der Waals surface area contributed by atoms with Gasteiger partial charge in [-0.05, 0) is 113 Å². The molecule has 3 aromatic carbocycles. The first kappa shape index (κ1) is 51.2. The minimum absolute atomic E-state index is 0.0219. The molecule has 0 radical (unpaired) electrons. The highest BCUT2D eigenvalue weighted by atomic mass is 19.1. The molecule has 7 aliphatic rings. The number of rotatable bonds is 12. The number of piperidine rings is 3. The summed E-state index contributed by atoms with van der Waals surface area (Å²) < 4.78 is 54.6. The number of benzene rings is 3. The number of aromatic nitrogens is 3. The van der Waals surface area contributed by atoms with Gasteiger partial charge in [-0.3, -0.25) is 29.6 Å². The van der Waals surface area contributed by atoms with Crippen LogP contribution < -0.4 is 25.2 Å². The zero-order chi connectivity index (χ0) is 53.3. The van der Waals surface area contributed by atoms with E-state index in [1.807, 2.05) is 0 Å². The van der Waals surface area contributed by atoms with Crippen molar-refractivity contribution in [1.29, 1.82) is 0 Å². The standard InChI is InChI=1S/C58H66F3N11O5/c1-4-40-45(59)9-5-36-25-39(73)26-42(49(36)40)52-51(61)53-43(28-62-52)54(70-31-37-6-7-38(32-70)63-37)66-57(65-53)77-24-23-71-18-15-35(27-58(71,2)3)30-68-21-19-67(20-22-68)29-34-13-16-69(17-14-34)46-10-8-41-44(50(46)60)33-72(56(41)76)47-11-12-48(74)64-55(47)75/h1,5,8-10,25-26,28,34-35,37-38,47,63,73H,6-7,11-24,27,29-33H2,2-3H3,(H,64,74,75). The van der Waals surface area contributed by atoms with E-state index in [0.717, 1.165) is 97.4 Å². The highest BCUT2D eigenvalue weighted by molar-refractivity contribution is 6.06. The zero-order valence-corrected chi connectivity index (χ0v) is 43.8. The molecule has 0 spiro atoms. The number of phenols is 1. The summed E-state index contributed by atoms with van der Waals surface area (Å²) >= 11 is 0. The average Bonchev–Trinajstić information content (AvgIpc) is 4.03. The van der Waals surface area contributed by atoms with Crippen LogP contribution in [-0.2, 0) is 16.1 Å². The van der Waals surface area contributed by atoms with E-state index in [-0.39, 0.29) is 94.1 Å². The van der Waals surface area contributed by atoms with Gasteiger partial charge in [0.25, 0.3) is 5.91 Å². The molecule has 0 saturated carbocycles. The summed E-state index contributed by atoms with van der Waals surface area (Å²) in [6.07, 6.45) is 13.8. The van der Waals surface area contributed by atoms with Gasteiger partial charge in [-0.1, -0.05) is 12.0 Å². The fourth-order valence-electron chi connectivity index (χ4n) is 13.7. The van der Waals surface area contributed by atoms with Crippen molar-refractivity contribution in [2.45, 2.75) is 95.4 Å². The normalized spacial score (nSPS) is 24.5. The Morgan fingerprint density at radius 2 is 1.56 bits per heavy atom. The molecule has 9 heterocycles. The lowest BCUT2D eigenvalue weighted by molar-refractivity contribution is -0.136. The maximum Gasteiger partial charge on any atom is 0.319 e. The molecule has 6 fully saturated rings. The van der Waals surface area contributed by atoms with Crippen LogP contribution >= 0.6 is 0 Å². The fourth-order valence-corrected chi connectivity index (χ4v) is 13.7. The van der Waals surface area contributed by atoms with E-state index < -0.39 is 23.6 Å². The molecule has 4 atom stereocenters. The summed E-state index contributed by atoms with van der Waals surface area (Å²) in [6.45, 7) is 15.5. The van der Waals surface area contributed by atoms with E-state index in [4.69, 9.17) is 16.1 Å². The number of hydrogen-bond donors (Lipinski definition) is 3. The number of pyridine rings is 1. The number of aromatic hydroxyl groups is 1. The van der Waals surface area contributed by atoms with Gasteiger partial charge in [0, 0.05) is 124 Å². The average molecular weight is 1050 g/mol. The van der Waals surface area contributed by atoms with E-state index in [1.54, 1.807) is 18.3 Å². The number of carbonyl (C=O) groups is 3. The van der Waals surface area contributed by atoms with Crippen molar-refractivity contribution >= 4 is 50.9 Å². The largest absolute Gasteiger partial charge is 0.508 e. The lowest BCUT2D eigenvalue weighted by atomic mass is 9.82. The molecule has 77 heavy (non-hydrogen) atoms. The first-order valence-corrected chi connectivity index (χ1v) is 27.5. The number of ether oxygens (including phenoxy) is 1. The fraction of sp³-hybridized carbons (Fsp3) is 0.517. The van der Waals surface area contributed by atoms with E-state index in [9.17, 15) is 19.5 Å². The Kier molecular flexibility index (Phi) is 13.7. The topological polar surface area (TPSA) is 163 Å². The third kappa shape index (κ3) is 9.91. The van der Waals surface area contributed by atoms with Crippen LogP contribution in [0.15, 0.2) is 42.6 Å². The Balaban J connectivity index is 0.639. The van der Waals surface area contributed by atoms with Crippen molar-refractivity contribution < 1.29 is 37.4 Å². The number of carbonyl (C=O) groups excluding carboxylic acids is 3. The maximum atomic E-state index is 17.1. The molecule has 5 aromatic rings. The third-order valence-electron chi connectivity index (χ3n) is 17.7. The van der Waals surface area contributed by atoms with Crippen LogP contribution in [0.1, 0.15) is 86.7 Å². The number of anilines is 2. The SMILES string of the molecule is C#Cc1c(F)ccc2cc(O)cc(-c3ncc4c(N5CC6CCC(C5)N6)nc(OCCN5CCC(CN6CCN(CC7CCN(c8ccc9c(c8F)CN(C8CCC(=O)NC8=O)C9=O)CC7)CC6)CC5(C)C)nc4c3F)c12. The number of piperazine rings is 2. The molecule has 16 nitrogen and oxygen atoms in total. The highest BCUT2D eigenvalue weighted by Crippen LogP contribution is 2.41. The van der Waals surface area contributed by atoms with Gasteiger partial charge in [0.2, 0.25) is 11.8 Å². The van der Waals surface area contributed by atoms with Crippen LogP contribution in [0.3, 0.4) is 0 Å². The summed E-state index contributed by atoms with van der Waals surface area (Å²) in [5.74, 6) is 0.909. The number of amides is 3. The summed E-state index contributed by atoms with van der Waals surface area (Å²) in [5, 5.41) is 17.8. The Morgan fingerprint density at radius 1 is 0.831 bits per heavy atom. The molecule has 3 amide bonds. The van der Waals surface area contributed by atoms with E-state index in [1.165, 1.54) is 29.2 Å². The van der Waals surface area contributed by atoms with Crippen molar-refractivity contribution in [1.82, 2.24) is 45.2 Å². The van der Waals surface area contributed by atoms with Gasteiger partial charge in [0.1, 0.15) is 41.2 Å². The second-order valence-electron chi connectivity index (χ2n) is 23.1. The van der Waals surface area contributed by atoms with Gasteiger partial charge >= 0.3 is 6.01 Å². The van der Waals surface area contributed by atoms with Crippen LogP contribution in [0.2, 0.25) is 0 Å². The van der Waals surface area contributed by atoms with Crippen LogP contribution in [0.4, 0.5) is 24.7 Å². The summed E-state index contributed by atoms with van der Waals surface area (Å²) in [4.78, 5) is 65.0. The first-order valence-electron chi connectivity index (χ1n) is 27.5. The molecule has 19 heteroatoms. The number of nitrogens with zero attached hydrogens (tertiary/aromatic N) is 9. The quantitative estimate of drug-likeness (QED) is 0.0978. The molecule has 0 aliphatic carbocycles. The predicted octanol–water partition coefficient (Wildman–Crippen LogP) is 6.05. The van der Waals surface area contributed by atoms with Gasteiger partial charge in [0.05, 0.1) is 23.2 Å². The minimum Gasteiger partial charge on any atom is -0.508 e. The molecule has 4 unspecified atom stereocenters.